The Kier molecular flexibility index (Phi) is 4.68. The predicted octanol–water partition coefficient (Wildman–Crippen LogP) is -1.71. The topological polar surface area (TPSA) is 154 Å². The van der Waals surface area contributed by atoms with Gasteiger partial charge in [0.1, 0.15) is 0 Å². The molecule has 8 nitrogen and oxygen atoms in total. The fourth-order valence-corrected chi connectivity index (χ4v) is 0.410. The highest BCUT2D eigenvalue weighted by Gasteiger charge is 1.95. The summed E-state index contributed by atoms with van der Waals surface area (Å²) < 4.78 is 0. The number of nitrogens with zero attached hydrogens (tertiary/aromatic N) is 4. The molecule has 0 bridgehead atoms. The highest BCUT2D eigenvalue weighted by Crippen LogP contribution is 1.86. The molecule has 0 aromatic carbocycles. The number of hydrogen-bond donors (Lipinski definition) is 4. The quantitative estimate of drug-likeness (QED) is 0.242. The van der Waals surface area contributed by atoms with Crippen molar-refractivity contribution in [3.63, 3.8) is 0 Å². The molecule has 0 fully saturated rings. The Morgan fingerprint density at radius 3 is 1.14 bits per heavy atom. The number of nitrogens with two attached hydrogens (primary N) is 4. The van der Waals surface area contributed by atoms with Gasteiger partial charge in [0.25, 0.3) is 0 Å². The summed E-state index contributed by atoms with van der Waals surface area (Å²) in [6, 6.07) is 0. The molecule has 0 aliphatic heterocycles. The van der Waals surface area contributed by atoms with Crippen LogP contribution in [0, 0.1) is 0 Å². The zero-order valence-corrected chi connectivity index (χ0v) is 8.10. The first-order valence-corrected chi connectivity index (χ1v) is 3.70. The molecule has 78 valence electrons. The molecule has 0 radical (unpaired) electrons. The Bertz CT molecular complexity index is 270. The lowest BCUT2D eigenvalue weighted by Gasteiger charge is -1.94. The molecule has 0 unspecified atom stereocenters. The van der Waals surface area contributed by atoms with Crippen molar-refractivity contribution >= 4 is 23.3 Å². The molecule has 0 spiro atoms. The molecule has 0 atom stereocenters. The molecule has 0 aliphatic carbocycles. The molecule has 0 rings (SSSR count). The zero-order chi connectivity index (χ0) is 11.1. The van der Waals surface area contributed by atoms with E-state index in [1.54, 1.807) is 13.8 Å². The highest BCUT2D eigenvalue weighted by atomic mass is 15.3. The third kappa shape index (κ3) is 5.52. The van der Waals surface area contributed by atoms with E-state index < -0.39 is 0 Å². The van der Waals surface area contributed by atoms with Crippen LogP contribution in [0.25, 0.3) is 0 Å². The van der Waals surface area contributed by atoms with E-state index in [9.17, 15) is 0 Å². The van der Waals surface area contributed by atoms with Gasteiger partial charge >= 0.3 is 0 Å². The van der Waals surface area contributed by atoms with Crippen molar-refractivity contribution in [3.8, 4) is 0 Å². The fraction of sp³-hybridized carbons (Fsp3) is 0.333. The van der Waals surface area contributed by atoms with Crippen LogP contribution < -0.4 is 22.9 Å². The summed E-state index contributed by atoms with van der Waals surface area (Å²) in [6.07, 6.45) is 0. The summed E-state index contributed by atoms with van der Waals surface area (Å²) in [6.45, 7) is 3.35. The Labute approximate surface area is 81.4 Å². The van der Waals surface area contributed by atoms with Gasteiger partial charge < -0.3 is 22.9 Å². The van der Waals surface area contributed by atoms with Crippen molar-refractivity contribution in [1.29, 1.82) is 0 Å². The molecular weight excluding hydrogens is 184 g/mol. The Balaban J connectivity index is 4.62. The minimum atomic E-state index is -0.126. The smallest absolute Gasteiger partial charge is 0.211 e. The lowest BCUT2D eigenvalue weighted by atomic mass is 10.3. The molecule has 8 N–H and O–H groups in total. The fourth-order valence-electron chi connectivity index (χ4n) is 0.410. The van der Waals surface area contributed by atoms with Gasteiger partial charge in [-0.25, -0.2) is 0 Å². The second-order valence-electron chi connectivity index (χ2n) is 2.42. The summed E-state index contributed by atoms with van der Waals surface area (Å²) in [4.78, 5) is 0. The Morgan fingerprint density at radius 2 is 0.929 bits per heavy atom. The van der Waals surface area contributed by atoms with Gasteiger partial charge in [-0.2, -0.15) is 10.2 Å². The SMILES string of the molecule is CC(=N/N=C(N)N)/C(C)=N/N=C(N)N. The third-order valence-corrected chi connectivity index (χ3v) is 1.15. The summed E-state index contributed by atoms with van der Waals surface area (Å²) in [5.74, 6) is -0.252. The number of guanidine groups is 2. The van der Waals surface area contributed by atoms with Crippen LogP contribution in [-0.4, -0.2) is 23.3 Å². The Morgan fingerprint density at radius 1 is 0.643 bits per heavy atom. The second-order valence-corrected chi connectivity index (χ2v) is 2.42. The van der Waals surface area contributed by atoms with Gasteiger partial charge in [-0.15, -0.1) is 10.2 Å². The van der Waals surface area contributed by atoms with Gasteiger partial charge in [-0.3, -0.25) is 0 Å². The third-order valence-electron chi connectivity index (χ3n) is 1.15. The van der Waals surface area contributed by atoms with E-state index in [1.807, 2.05) is 0 Å². The molecule has 0 saturated heterocycles. The van der Waals surface area contributed by atoms with E-state index in [0.29, 0.717) is 11.4 Å². The second kappa shape index (κ2) is 5.51. The molecule has 0 aromatic rings. The van der Waals surface area contributed by atoms with Crippen LogP contribution in [0.15, 0.2) is 20.4 Å². The maximum Gasteiger partial charge on any atom is 0.211 e. The largest absolute Gasteiger partial charge is 0.369 e. The molecule has 0 saturated carbocycles. The molecule has 0 aliphatic rings. The van der Waals surface area contributed by atoms with Crippen molar-refractivity contribution < 1.29 is 0 Å². The first-order valence-electron chi connectivity index (χ1n) is 3.70. The lowest BCUT2D eigenvalue weighted by molar-refractivity contribution is 1.18. The maximum absolute atomic E-state index is 5.08. The van der Waals surface area contributed by atoms with E-state index in [-0.39, 0.29) is 11.9 Å². The van der Waals surface area contributed by atoms with Crippen LogP contribution in [0.5, 0.6) is 0 Å². The maximum atomic E-state index is 5.08. The molecule has 8 heteroatoms. The van der Waals surface area contributed by atoms with Gasteiger partial charge in [0.15, 0.2) is 0 Å². The van der Waals surface area contributed by atoms with Gasteiger partial charge in [-0.05, 0) is 13.8 Å². The van der Waals surface area contributed by atoms with Crippen LogP contribution >= 0.6 is 0 Å². The van der Waals surface area contributed by atoms with E-state index >= 15 is 0 Å². The van der Waals surface area contributed by atoms with E-state index in [0.717, 1.165) is 0 Å². The minimum absolute atomic E-state index is 0.126. The number of hydrogen-bond acceptors (Lipinski definition) is 4. The summed E-state index contributed by atoms with van der Waals surface area (Å²) in [5, 5.41) is 14.2. The first kappa shape index (κ1) is 11.9. The lowest BCUT2D eigenvalue weighted by Crippen LogP contribution is -2.23. The summed E-state index contributed by atoms with van der Waals surface area (Å²) in [7, 11) is 0. The van der Waals surface area contributed by atoms with Gasteiger partial charge in [0, 0.05) is 0 Å². The van der Waals surface area contributed by atoms with Crippen molar-refractivity contribution in [2.45, 2.75) is 13.8 Å². The Hall–Kier alpha value is -2.12. The average Bonchev–Trinajstić information content (AvgIpc) is 2.09. The standard InChI is InChI=1S/C6H14N8/c1-3(11-13-5(7)8)4(2)12-14-6(9)10/h1-2H3,(H4,7,8,13)(H4,9,10,14)/b11-3-,12-4+. The van der Waals surface area contributed by atoms with Crippen molar-refractivity contribution in [1.82, 2.24) is 0 Å². The van der Waals surface area contributed by atoms with Crippen molar-refractivity contribution in [2.24, 2.45) is 43.3 Å². The highest BCUT2D eigenvalue weighted by molar-refractivity contribution is 6.40. The van der Waals surface area contributed by atoms with Gasteiger partial charge in [0.05, 0.1) is 11.4 Å². The van der Waals surface area contributed by atoms with E-state index in [4.69, 9.17) is 22.9 Å². The molecule has 0 aromatic heterocycles. The number of rotatable bonds is 3. The van der Waals surface area contributed by atoms with Gasteiger partial charge in [-0.1, -0.05) is 0 Å². The van der Waals surface area contributed by atoms with E-state index in [2.05, 4.69) is 20.4 Å². The van der Waals surface area contributed by atoms with E-state index in [1.165, 1.54) is 0 Å². The minimum Gasteiger partial charge on any atom is -0.369 e. The average molecular weight is 198 g/mol. The first-order chi connectivity index (χ1) is 6.43. The van der Waals surface area contributed by atoms with Gasteiger partial charge in [0.2, 0.25) is 11.9 Å². The predicted molar refractivity (Wildman–Crippen MR) is 57.8 cm³/mol. The molecule has 0 amide bonds. The van der Waals surface area contributed by atoms with Crippen molar-refractivity contribution in [3.05, 3.63) is 0 Å². The van der Waals surface area contributed by atoms with Crippen molar-refractivity contribution in [2.75, 3.05) is 0 Å². The van der Waals surface area contributed by atoms with Crippen LogP contribution in [0.1, 0.15) is 13.8 Å². The molecule has 0 heterocycles. The van der Waals surface area contributed by atoms with Crippen LogP contribution in [0.3, 0.4) is 0 Å². The molecule has 14 heavy (non-hydrogen) atoms. The summed E-state index contributed by atoms with van der Waals surface area (Å²) in [5.41, 5.74) is 21.3. The normalized spacial score (nSPS) is 12.1. The van der Waals surface area contributed by atoms with Crippen LogP contribution in [-0.2, 0) is 0 Å². The zero-order valence-electron chi connectivity index (χ0n) is 8.10. The monoisotopic (exact) mass is 198 g/mol. The van der Waals surface area contributed by atoms with Crippen LogP contribution in [0.2, 0.25) is 0 Å². The van der Waals surface area contributed by atoms with Crippen LogP contribution in [0.4, 0.5) is 0 Å². The summed E-state index contributed by atoms with van der Waals surface area (Å²) >= 11 is 0. The molecular formula is C6H14N8.